The fourth-order valence-electron chi connectivity index (χ4n) is 3.11. The molecule has 1 aliphatic heterocycles. The lowest BCUT2D eigenvalue weighted by atomic mass is 10.3. The predicted molar refractivity (Wildman–Crippen MR) is 94.4 cm³/mol. The Morgan fingerprint density at radius 1 is 1.16 bits per heavy atom. The van der Waals surface area contributed by atoms with Gasteiger partial charge in [0.1, 0.15) is 22.7 Å². The van der Waals surface area contributed by atoms with E-state index >= 15 is 0 Å². The minimum Gasteiger partial charge on any atom is -0.360 e. The zero-order valence-corrected chi connectivity index (χ0v) is 15.5. The van der Waals surface area contributed by atoms with Gasteiger partial charge in [0.25, 0.3) is 0 Å². The second-order valence-electron chi connectivity index (χ2n) is 5.88. The first-order valence-electron chi connectivity index (χ1n) is 7.84. The Balaban J connectivity index is 1.57. The highest BCUT2D eigenvalue weighted by Crippen LogP contribution is 2.30. The summed E-state index contributed by atoms with van der Waals surface area (Å²) in [5, 5.41) is 5.75. The van der Waals surface area contributed by atoms with Crippen molar-refractivity contribution < 1.29 is 12.9 Å². The third-order valence-corrected chi connectivity index (χ3v) is 7.37. The molecule has 1 fully saturated rings. The molecule has 0 bridgehead atoms. The van der Waals surface area contributed by atoms with Crippen molar-refractivity contribution in [3.05, 3.63) is 29.2 Å². The quantitative estimate of drug-likeness (QED) is 0.685. The van der Waals surface area contributed by atoms with Crippen LogP contribution in [0.15, 0.2) is 27.2 Å². The average molecular weight is 379 g/mol. The van der Waals surface area contributed by atoms with Crippen LogP contribution in [-0.2, 0) is 10.0 Å². The molecular formula is C15H17N5O3S2. The number of anilines is 1. The molecule has 0 atom stereocenters. The van der Waals surface area contributed by atoms with E-state index in [2.05, 4.69) is 20.0 Å². The van der Waals surface area contributed by atoms with Crippen LogP contribution in [0.25, 0.3) is 10.2 Å². The first-order chi connectivity index (χ1) is 12.0. The maximum absolute atomic E-state index is 12.9. The van der Waals surface area contributed by atoms with E-state index in [-0.39, 0.29) is 4.90 Å². The van der Waals surface area contributed by atoms with Crippen molar-refractivity contribution in [3.63, 3.8) is 0 Å². The summed E-state index contributed by atoms with van der Waals surface area (Å²) in [5.41, 5.74) is 1.32. The summed E-state index contributed by atoms with van der Waals surface area (Å²) in [5.74, 6) is 1.20. The number of fused-ring (bicyclic) bond motifs is 1. The van der Waals surface area contributed by atoms with Gasteiger partial charge in [-0.2, -0.15) is 4.31 Å². The predicted octanol–water partition coefficient (Wildman–Crippen LogP) is 1.81. The Hall–Kier alpha value is -2.04. The van der Waals surface area contributed by atoms with Gasteiger partial charge < -0.3 is 9.42 Å². The van der Waals surface area contributed by atoms with E-state index in [9.17, 15) is 8.42 Å². The highest BCUT2D eigenvalue weighted by Gasteiger charge is 2.33. The zero-order chi connectivity index (χ0) is 17.6. The van der Waals surface area contributed by atoms with Gasteiger partial charge in [-0.15, -0.1) is 11.3 Å². The van der Waals surface area contributed by atoms with Gasteiger partial charge in [-0.3, -0.25) is 0 Å². The van der Waals surface area contributed by atoms with E-state index in [4.69, 9.17) is 4.52 Å². The summed E-state index contributed by atoms with van der Waals surface area (Å²) in [6, 6.07) is 1.96. The van der Waals surface area contributed by atoms with Gasteiger partial charge in [-0.1, -0.05) is 5.16 Å². The highest BCUT2D eigenvalue weighted by molar-refractivity contribution is 7.89. The van der Waals surface area contributed by atoms with Crippen LogP contribution in [0.5, 0.6) is 0 Å². The van der Waals surface area contributed by atoms with Crippen molar-refractivity contribution >= 4 is 37.4 Å². The smallest absolute Gasteiger partial charge is 0.248 e. The Bertz CT molecular complexity index is 999. The van der Waals surface area contributed by atoms with Gasteiger partial charge in [0.15, 0.2) is 5.76 Å². The molecular weight excluding hydrogens is 362 g/mol. The number of hydrogen-bond donors (Lipinski definition) is 0. The Kier molecular flexibility index (Phi) is 3.97. The molecule has 25 heavy (non-hydrogen) atoms. The third-order valence-electron chi connectivity index (χ3n) is 4.33. The maximum atomic E-state index is 12.9. The van der Waals surface area contributed by atoms with Gasteiger partial charge in [0.05, 0.1) is 10.2 Å². The number of aromatic nitrogens is 3. The van der Waals surface area contributed by atoms with E-state index in [1.807, 2.05) is 11.4 Å². The lowest BCUT2D eigenvalue weighted by Gasteiger charge is -2.34. The molecule has 1 saturated heterocycles. The summed E-state index contributed by atoms with van der Waals surface area (Å²) in [7, 11) is -3.60. The number of aryl methyl sites for hydroxylation is 2. The highest BCUT2D eigenvalue weighted by atomic mass is 32.2. The molecule has 1 aliphatic rings. The average Bonchev–Trinajstić information content (AvgIpc) is 3.21. The Labute approximate surface area is 149 Å². The fraction of sp³-hybridized carbons (Fsp3) is 0.400. The Morgan fingerprint density at radius 3 is 2.60 bits per heavy atom. The van der Waals surface area contributed by atoms with Crippen LogP contribution in [-0.4, -0.2) is 54.0 Å². The number of thiophene rings is 1. The molecule has 4 heterocycles. The van der Waals surface area contributed by atoms with Crippen LogP contribution in [0, 0.1) is 13.8 Å². The lowest BCUT2D eigenvalue weighted by Crippen LogP contribution is -2.49. The number of rotatable bonds is 3. The first kappa shape index (κ1) is 16.4. The first-order valence-corrected chi connectivity index (χ1v) is 10.2. The second kappa shape index (κ2) is 6.04. The van der Waals surface area contributed by atoms with Crippen molar-refractivity contribution in [2.45, 2.75) is 18.7 Å². The maximum Gasteiger partial charge on any atom is 0.248 e. The van der Waals surface area contributed by atoms with Gasteiger partial charge in [-0.05, 0) is 25.3 Å². The van der Waals surface area contributed by atoms with E-state index in [1.165, 1.54) is 4.31 Å². The minimum atomic E-state index is -3.60. The molecule has 8 nitrogen and oxygen atoms in total. The Morgan fingerprint density at radius 2 is 1.92 bits per heavy atom. The van der Waals surface area contributed by atoms with Gasteiger partial charge >= 0.3 is 0 Å². The van der Waals surface area contributed by atoms with Crippen molar-refractivity contribution in [1.29, 1.82) is 0 Å². The largest absolute Gasteiger partial charge is 0.360 e. The number of piperazine rings is 1. The monoisotopic (exact) mass is 379 g/mol. The normalized spacial score (nSPS) is 16.6. The summed E-state index contributed by atoms with van der Waals surface area (Å²) in [4.78, 5) is 10.9. The number of sulfonamides is 1. The van der Waals surface area contributed by atoms with Gasteiger partial charge in [0.2, 0.25) is 10.0 Å². The van der Waals surface area contributed by atoms with E-state index in [0.717, 1.165) is 16.0 Å². The summed E-state index contributed by atoms with van der Waals surface area (Å²) >= 11 is 1.60. The van der Waals surface area contributed by atoms with Crippen molar-refractivity contribution in [2.24, 2.45) is 0 Å². The van der Waals surface area contributed by atoms with Crippen molar-refractivity contribution in [3.8, 4) is 0 Å². The summed E-state index contributed by atoms with van der Waals surface area (Å²) < 4.78 is 33.3. The molecule has 10 heteroatoms. The SMILES string of the molecule is Cc1noc(C)c1S(=O)(=O)N1CCN(c2ncnc3ccsc23)CC1. The fourth-order valence-corrected chi connectivity index (χ4v) is 5.69. The van der Waals surface area contributed by atoms with Crippen LogP contribution in [0.1, 0.15) is 11.5 Å². The van der Waals surface area contributed by atoms with Crippen molar-refractivity contribution in [1.82, 2.24) is 19.4 Å². The van der Waals surface area contributed by atoms with Gasteiger partial charge in [-0.25, -0.2) is 18.4 Å². The topological polar surface area (TPSA) is 92.4 Å². The van der Waals surface area contributed by atoms with Gasteiger partial charge in [0, 0.05) is 26.2 Å². The zero-order valence-electron chi connectivity index (χ0n) is 13.8. The molecule has 3 aromatic rings. The molecule has 0 unspecified atom stereocenters. The third kappa shape index (κ3) is 2.70. The van der Waals surface area contributed by atoms with Crippen LogP contribution in [0.2, 0.25) is 0 Å². The molecule has 4 rings (SSSR count). The van der Waals surface area contributed by atoms with Crippen LogP contribution in [0.3, 0.4) is 0 Å². The van der Waals surface area contributed by atoms with E-state index < -0.39 is 10.0 Å². The van der Waals surface area contributed by atoms with Crippen LogP contribution in [0.4, 0.5) is 5.82 Å². The summed E-state index contributed by atoms with van der Waals surface area (Å²) in [6.45, 7) is 5.21. The number of nitrogens with zero attached hydrogens (tertiary/aromatic N) is 5. The molecule has 0 N–H and O–H groups in total. The number of hydrogen-bond acceptors (Lipinski definition) is 8. The molecule has 0 aliphatic carbocycles. The molecule has 0 saturated carbocycles. The molecule has 0 amide bonds. The molecule has 0 radical (unpaired) electrons. The minimum absolute atomic E-state index is 0.184. The van der Waals surface area contributed by atoms with Crippen molar-refractivity contribution in [2.75, 3.05) is 31.1 Å². The molecule has 3 aromatic heterocycles. The lowest BCUT2D eigenvalue weighted by molar-refractivity contribution is 0.378. The summed E-state index contributed by atoms with van der Waals surface area (Å²) in [6.07, 6.45) is 1.55. The van der Waals surface area contributed by atoms with E-state index in [0.29, 0.717) is 37.6 Å². The van der Waals surface area contributed by atoms with E-state index in [1.54, 1.807) is 31.5 Å². The molecule has 132 valence electrons. The second-order valence-corrected chi connectivity index (χ2v) is 8.67. The van der Waals surface area contributed by atoms with Crippen LogP contribution >= 0.6 is 11.3 Å². The standard InChI is InChI=1S/C15H17N5O3S2/c1-10-14(11(2)23-18-10)25(21,22)20-6-4-19(5-7-20)15-13-12(3-8-24-13)16-9-17-15/h3,8-9H,4-7H2,1-2H3. The molecule has 0 spiro atoms. The molecule has 0 aromatic carbocycles. The van der Waals surface area contributed by atoms with Crippen LogP contribution < -0.4 is 4.90 Å².